The van der Waals surface area contributed by atoms with Crippen LogP contribution in [0.2, 0.25) is 0 Å². The molecule has 1 aliphatic rings. The average molecular weight is 342 g/mol. The Bertz CT molecular complexity index is 646. The van der Waals surface area contributed by atoms with E-state index in [1.807, 2.05) is 60.7 Å². The van der Waals surface area contributed by atoms with E-state index in [2.05, 4.69) is 0 Å². The summed E-state index contributed by atoms with van der Waals surface area (Å²) in [5, 5.41) is 0. The van der Waals surface area contributed by atoms with E-state index < -0.39 is 24.6 Å². The third-order valence-corrected chi connectivity index (χ3v) is 4.14. The van der Waals surface area contributed by atoms with Gasteiger partial charge in [-0.05, 0) is 11.1 Å². The van der Waals surface area contributed by atoms with Crippen LogP contribution in [0.5, 0.6) is 0 Å². The molecular weight excluding hydrogens is 320 g/mol. The summed E-state index contributed by atoms with van der Waals surface area (Å²) in [7, 11) is 1.53. The molecule has 1 heterocycles. The Morgan fingerprint density at radius 1 is 0.880 bits per heavy atom. The fourth-order valence-electron chi connectivity index (χ4n) is 2.85. The molecule has 0 saturated carbocycles. The van der Waals surface area contributed by atoms with Crippen molar-refractivity contribution in [1.29, 1.82) is 0 Å². The van der Waals surface area contributed by atoms with Gasteiger partial charge in [-0.15, -0.1) is 0 Å². The van der Waals surface area contributed by atoms with Gasteiger partial charge in [-0.25, -0.2) is 0 Å². The van der Waals surface area contributed by atoms with E-state index in [0.717, 1.165) is 17.4 Å². The van der Waals surface area contributed by atoms with Crippen molar-refractivity contribution in [3.8, 4) is 0 Å². The minimum Gasteiger partial charge on any atom is -0.367 e. The summed E-state index contributed by atoms with van der Waals surface area (Å²) in [5.74, 6) is 0. The Hall–Kier alpha value is -2.05. The Balaban J connectivity index is 1.67. The van der Waals surface area contributed by atoms with Crippen LogP contribution < -0.4 is 0 Å². The van der Waals surface area contributed by atoms with Gasteiger partial charge in [0.25, 0.3) is 0 Å². The molecule has 3 rings (SSSR count). The minimum absolute atomic E-state index is 0.376. The molecule has 132 valence electrons. The van der Waals surface area contributed by atoms with Gasteiger partial charge in [0.05, 0.1) is 13.2 Å². The average Bonchev–Trinajstić information content (AvgIpc) is 3.03. The van der Waals surface area contributed by atoms with E-state index >= 15 is 0 Å². The van der Waals surface area contributed by atoms with E-state index in [4.69, 9.17) is 18.9 Å². The summed E-state index contributed by atoms with van der Waals surface area (Å²) in [4.78, 5) is 11.4. The van der Waals surface area contributed by atoms with Crippen molar-refractivity contribution < 1.29 is 23.7 Å². The normalized spacial score (nSPS) is 25.8. The zero-order valence-corrected chi connectivity index (χ0v) is 14.1. The van der Waals surface area contributed by atoms with Crippen molar-refractivity contribution >= 4 is 6.29 Å². The Labute approximate surface area is 147 Å². The molecule has 25 heavy (non-hydrogen) atoms. The highest BCUT2D eigenvalue weighted by Crippen LogP contribution is 2.28. The van der Waals surface area contributed by atoms with Crippen LogP contribution in [0, 0.1) is 0 Å². The van der Waals surface area contributed by atoms with Crippen LogP contribution in [-0.4, -0.2) is 38.0 Å². The van der Waals surface area contributed by atoms with Crippen LogP contribution in [0.4, 0.5) is 0 Å². The van der Waals surface area contributed by atoms with Gasteiger partial charge >= 0.3 is 0 Å². The fraction of sp³-hybridized carbons (Fsp3) is 0.350. The molecule has 0 spiro atoms. The lowest BCUT2D eigenvalue weighted by atomic mass is 10.1. The third kappa shape index (κ3) is 4.52. The highest BCUT2D eigenvalue weighted by Gasteiger charge is 2.46. The fourth-order valence-corrected chi connectivity index (χ4v) is 2.85. The van der Waals surface area contributed by atoms with Gasteiger partial charge in [0.2, 0.25) is 0 Å². The first-order chi connectivity index (χ1) is 12.3. The van der Waals surface area contributed by atoms with Gasteiger partial charge in [0, 0.05) is 7.11 Å². The molecule has 0 N–H and O–H groups in total. The number of carbonyl (C=O) groups is 1. The maximum atomic E-state index is 11.4. The molecule has 2 aromatic rings. The predicted molar refractivity (Wildman–Crippen MR) is 91.8 cm³/mol. The van der Waals surface area contributed by atoms with Crippen LogP contribution in [-0.2, 0) is 37.0 Å². The quantitative estimate of drug-likeness (QED) is 0.691. The van der Waals surface area contributed by atoms with Gasteiger partial charge in [-0.3, -0.25) is 0 Å². The Morgan fingerprint density at radius 3 is 1.88 bits per heavy atom. The Morgan fingerprint density at radius 2 is 1.40 bits per heavy atom. The largest absolute Gasteiger partial charge is 0.367 e. The summed E-state index contributed by atoms with van der Waals surface area (Å²) in [6.07, 6.45) is -1.61. The van der Waals surface area contributed by atoms with E-state index in [1.54, 1.807) is 0 Å². The first-order valence-corrected chi connectivity index (χ1v) is 8.26. The molecule has 1 saturated heterocycles. The van der Waals surface area contributed by atoms with Gasteiger partial charge in [-0.1, -0.05) is 60.7 Å². The van der Waals surface area contributed by atoms with Gasteiger partial charge in [-0.2, -0.15) is 0 Å². The summed E-state index contributed by atoms with van der Waals surface area (Å²) in [5.41, 5.74) is 2.06. The molecule has 0 bridgehead atoms. The molecule has 0 unspecified atom stereocenters. The van der Waals surface area contributed by atoms with Crippen molar-refractivity contribution in [2.45, 2.75) is 37.8 Å². The topological polar surface area (TPSA) is 54.0 Å². The number of ether oxygens (including phenoxy) is 4. The molecule has 0 radical (unpaired) electrons. The molecule has 0 aromatic heterocycles. The van der Waals surface area contributed by atoms with Gasteiger partial charge < -0.3 is 23.7 Å². The lowest BCUT2D eigenvalue weighted by molar-refractivity contribution is -0.167. The lowest BCUT2D eigenvalue weighted by Crippen LogP contribution is -2.38. The standard InChI is InChI=1S/C20H22O5/c1-22-20-19(24-14-16-10-6-3-7-11-16)18(17(12-21)25-20)23-13-15-8-4-2-5-9-15/h2-12,17-20H,13-14H2,1H3/t17-,18-,19+,20+/m1/s1. The number of carbonyl (C=O) groups excluding carboxylic acids is 1. The van der Waals surface area contributed by atoms with E-state index in [0.29, 0.717) is 13.2 Å². The third-order valence-electron chi connectivity index (χ3n) is 4.14. The molecule has 5 heteroatoms. The highest BCUT2D eigenvalue weighted by molar-refractivity contribution is 5.58. The molecule has 4 atom stereocenters. The number of aldehydes is 1. The number of hydrogen-bond acceptors (Lipinski definition) is 5. The zero-order chi connectivity index (χ0) is 17.5. The molecular formula is C20H22O5. The van der Waals surface area contributed by atoms with Crippen molar-refractivity contribution in [2.24, 2.45) is 0 Å². The summed E-state index contributed by atoms with van der Waals surface area (Å²) in [6, 6.07) is 19.6. The zero-order valence-electron chi connectivity index (χ0n) is 14.1. The second-order valence-corrected chi connectivity index (χ2v) is 5.86. The number of rotatable bonds is 8. The predicted octanol–water partition coefficient (Wildman–Crippen LogP) is 2.73. The van der Waals surface area contributed by atoms with Gasteiger partial charge in [0.15, 0.2) is 12.6 Å². The van der Waals surface area contributed by atoms with Crippen LogP contribution in [0.15, 0.2) is 60.7 Å². The molecule has 5 nitrogen and oxygen atoms in total. The van der Waals surface area contributed by atoms with Crippen molar-refractivity contribution in [2.75, 3.05) is 7.11 Å². The minimum atomic E-state index is -0.713. The van der Waals surface area contributed by atoms with Crippen LogP contribution in [0.1, 0.15) is 11.1 Å². The number of methoxy groups -OCH3 is 1. The molecule has 2 aromatic carbocycles. The maximum absolute atomic E-state index is 11.4. The summed E-state index contributed by atoms with van der Waals surface area (Å²) < 4.78 is 22.9. The highest BCUT2D eigenvalue weighted by atomic mass is 16.7. The van der Waals surface area contributed by atoms with E-state index in [1.165, 1.54) is 7.11 Å². The van der Waals surface area contributed by atoms with Gasteiger partial charge in [0.1, 0.15) is 18.3 Å². The second kappa shape index (κ2) is 8.87. The lowest BCUT2D eigenvalue weighted by Gasteiger charge is -2.23. The first kappa shape index (κ1) is 17.8. The van der Waals surface area contributed by atoms with E-state index in [9.17, 15) is 4.79 Å². The SMILES string of the molecule is CO[C@H]1O[C@H](C=O)[C@@H](OCc2ccccc2)[C@@H]1OCc1ccccc1. The number of hydrogen-bond donors (Lipinski definition) is 0. The van der Waals surface area contributed by atoms with Crippen LogP contribution in [0.3, 0.4) is 0 Å². The molecule has 0 amide bonds. The molecule has 0 aliphatic carbocycles. The Kier molecular flexibility index (Phi) is 6.30. The van der Waals surface area contributed by atoms with Crippen LogP contribution >= 0.6 is 0 Å². The monoisotopic (exact) mass is 342 g/mol. The van der Waals surface area contributed by atoms with Crippen molar-refractivity contribution in [3.05, 3.63) is 71.8 Å². The molecule has 1 aliphatic heterocycles. The maximum Gasteiger partial charge on any atom is 0.187 e. The smallest absolute Gasteiger partial charge is 0.187 e. The molecule has 1 fully saturated rings. The van der Waals surface area contributed by atoms with Crippen molar-refractivity contribution in [1.82, 2.24) is 0 Å². The first-order valence-electron chi connectivity index (χ1n) is 8.26. The summed E-state index contributed by atoms with van der Waals surface area (Å²) in [6.45, 7) is 0.770. The second-order valence-electron chi connectivity index (χ2n) is 5.86. The summed E-state index contributed by atoms with van der Waals surface area (Å²) >= 11 is 0. The van der Waals surface area contributed by atoms with E-state index in [-0.39, 0.29) is 0 Å². The van der Waals surface area contributed by atoms with Crippen molar-refractivity contribution in [3.63, 3.8) is 0 Å². The number of benzene rings is 2. The van der Waals surface area contributed by atoms with Crippen LogP contribution in [0.25, 0.3) is 0 Å².